The third kappa shape index (κ3) is 3.23. The molecule has 0 aromatic carbocycles. The molecule has 0 amide bonds. The van der Waals surface area contributed by atoms with Crippen molar-refractivity contribution in [2.75, 3.05) is 0 Å². The summed E-state index contributed by atoms with van der Waals surface area (Å²) >= 11 is 0. The summed E-state index contributed by atoms with van der Waals surface area (Å²) in [6.07, 6.45) is 7.21. The molecule has 1 aliphatic rings. The van der Waals surface area contributed by atoms with Crippen molar-refractivity contribution in [3.8, 4) is 0 Å². The van der Waals surface area contributed by atoms with Gasteiger partial charge in [-0.3, -0.25) is 0 Å². The fraction of sp³-hybridized carbons (Fsp3) is 1.00. The predicted molar refractivity (Wildman–Crippen MR) is 68.9 cm³/mol. The molecule has 0 spiro atoms. The van der Waals surface area contributed by atoms with E-state index in [2.05, 4.69) is 34.6 Å². The van der Waals surface area contributed by atoms with Crippen molar-refractivity contribution in [2.45, 2.75) is 66.7 Å². The molecule has 0 radical (unpaired) electrons. The summed E-state index contributed by atoms with van der Waals surface area (Å²) in [5.41, 5.74) is 0. The molecule has 0 N–H and O–H groups in total. The van der Waals surface area contributed by atoms with Gasteiger partial charge in [0.25, 0.3) is 0 Å². The fourth-order valence-electron chi connectivity index (χ4n) is 3.46. The van der Waals surface area contributed by atoms with Crippen LogP contribution in [0.5, 0.6) is 0 Å². The van der Waals surface area contributed by atoms with E-state index in [0.29, 0.717) is 0 Å². The molecular weight excluding hydrogens is 180 g/mol. The molecule has 0 aromatic heterocycles. The van der Waals surface area contributed by atoms with Gasteiger partial charge in [-0.05, 0) is 48.9 Å². The highest BCUT2D eigenvalue weighted by Gasteiger charge is 2.31. The van der Waals surface area contributed by atoms with Crippen LogP contribution in [0.4, 0.5) is 0 Å². The lowest BCUT2D eigenvalue weighted by Gasteiger charge is -2.39. The van der Waals surface area contributed by atoms with E-state index in [-0.39, 0.29) is 0 Å². The van der Waals surface area contributed by atoms with Gasteiger partial charge >= 0.3 is 0 Å². The van der Waals surface area contributed by atoms with Crippen LogP contribution in [0.1, 0.15) is 66.7 Å². The van der Waals surface area contributed by atoms with Gasteiger partial charge in [-0.25, -0.2) is 0 Å². The van der Waals surface area contributed by atoms with E-state index in [4.69, 9.17) is 0 Å². The highest BCUT2D eigenvalue weighted by Crippen LogP contribution is 2.41. The molecule has 1 fully saturated rings. The Labute approximate surface area is 96.8 Å². The molecule has 2 unspecified atom stereocenters. The first-order chi connectivity index (χ1) is 7.10. The van der Waals surface area contributed by atoms with Gasteiger partial charge in [0, 0.05) is 0 Å². The van der Waals surface area contributed by atoms with Crippen molar-refractivity contribution in [1.82, 2.24) is 0 Å². The van der Waals surface area contributed by atoms with Crippen molar-refractivity contribution in [3.63, 3.8) is 0 Å². The topological polar surface area (TPSA) is 0 Å². The Balaban J connectivity index is 2.47. The van der Waals surface area contributed by atoms with Gasteiger partial charge in [0.2, 0.25) is 0 Å². The molecule has 0 aromatic rings. The summed E-state index contributed by atoms with van der Waals surface area (Å²) in [4.78, 5) is 0. The Bertz CT molecular complexity index is 173. The second-order valence-electron chi connectivity index (χ2n) is 5.99. The lowest BCUT2D eigenvalue weighted by molar-refractivity contribution is 0.112. The molecule has 1 rings (SSSR count). The van der Waals surface area contributed by atoms with Gasteiger partial charge in [-0.15, -0.1) is 0 Å². The van der Waals surface area contributed by atoms with Crippen molar-refractivity contribution in [3.05, 3.63) is 0 Å². The van der Waals surface area contributed by atoms with Crippen molar-refractivity contribution in [2.24, 2.45) is 29.6 Å². The van der Waals surface area contributed by atoms with Crippen LogP contribution in [0.3, 0.4) is 0 Å². The average molecular weight is 210 g/mol. The zero-order valence-corrected chi connectivity index (χ0v) is 11.4. The normalized spacial score (nSPS) is 36.2. The number of hydrogen-bond donors (Lipinski definition) is 0. The second kappa shape index (κ2) is 5.92. The van der Waals surface area contributed by atoms with E-state index in [1.165, 1.54) is 32.1 Å². The molecule has 1 aliphatic carbocycles. The zero-order valence-electron chi connectivity index (χ0n) is 11.4. The molecule has 0 heterocycles. The molecule has 1 saturated carbocycles. The van der Waals surface area contributed by atoms with E-state index in [1.807, 2.05) is 0 Å². The maximum atomic E-state index is 2.49. The Hall–Kier alpha value is 0. The van der Waals surface area contributed by atoms with Crippen LogP contribution in [0.15, 0.2) is 0 Å². The molecule has 5 atom stereocenters. The first-order valence-corrected chi connectivity index (χ1v) is 7.10. The Morgan fingerprint density at radius 1 is 1.00 bits per heavy atom. The Morgan fingerprint density at radius 2 is 1.60 bits per heavy atom. The minimum atomic E-state index is 0.942. The largest absolute Gasteiger partial charge is 0.0651 e. The molecule has 0 nitrogen and oxygen atoms in total. The van der Waals surface area contributed by atoms with Gasteiger partial charge in [0.1, 0.15) is 0 Å². The average Bonchev–Trinajstić information content (AvgIpc) is 2.26. The molecule has 15 heavy (non-hydrogen) atoms. The van der Waals surface area contributed by atoms with E-state index in [1.54, 1.807) is 0 Å². The summed E-state index contributed by atoms with van der Waals surface area (Å²) in [6.45, 7) is 12.1. The van der Waals surface area contributed by atoms with Gasteiger partial charge in [0.05, 0.1) is 0 Å². The number of rotatable bonds is 4. The highest BCUT2D eigenvalue weighted by molar-refractivity contribution is 4.82. The SMILES string of the molecule is CC[C@@H](C)C1CC[C@@H]([C@H](C)CC)CC1C. The summed E-state index contributed by atoms with van der Waals surface area (Å²) in [5.74, 6) is 4.89. The first-order valence-electron chi connectivity index (χ1n) is 7.10. The van der Waals surface area contributed by atoms with Crippen molar-refractivity contribution in [1.29, 1.82) is 0 Å². The monoisotopic (exact) mass is 210 g/mol. The van der Waals surface area contributed by atoms with Crippen molar-refractivity contribution >= 4 is 0 Å². The predicted octanol–water partition coefficient (Wildman–Crippen LogP) is 5.13. The maximum Gasteiger partial charge on any atom is -0.0363 e. The molecule has 0 bridgehead atoms. The molecule has 0 saturated heterocycles. The second-order valence-corrected chi connectivity index (χ2v) is 5.99. The van der Waals surface area contributed by atoms with Crippen LogP contribution < -0.4 is 0 Å². The highest BCUT2D eigenvalue weighted by atomic mass is 14.4. The van der Waals surface area contributed by atoms with Crippen LogP contribution >= 0.6 is 0 Å². The maximum absolute atomic E-state index is 2.49. The van der Waals surface area contributed by atoms with E-state index >= 15 is 0 Å². The third-order valence-electron chi connectivity index (χ3n) is 5.10. The van der Waals surface area contributed by atoms with Gasteiger partial charge < -0.3 is 0 Å². The van der Waals surface area contributed by atoms with Crippen molar-refractivity contribution < 1.29 is 0 Å². The van der Waals surface area contributed by atoms with Gasteiger partial charge in [-0.2, -0.15) is 0 Å². The van der Waals surface area contributed by atoms with E-state index < -0.39 is 0 Å². The number of hydrogen-bond acceptors (Lipinski definition) is 0. The van der Waals surface area contributed by atoms with Gasteiger partial charge in [-0.1, -0.05) is 47.5 Å². The quantitative estimate of drug-likeness (QED) is 0.603. The molecule has 90 valence electrons. The molecule has 0 aliphatic heterocycles. The molecule has 0 heteroatoms. The summed E-state index contributed by atoms with van der Waals surface area (Å²) in [5, 5.41) is 0. The van der Waals surface area contributed by atoms with Crippen LogP contribution in [0.2, 0.25) is 0 Å². The van der Waals surface area contributed by atoms with Crippen LogP contribution in [0.25, 0.3) is 0 Å². The fourth-order valence-corrected chi connectivity index (χ4v) is 3.46. The lowest BCUT2D eigenvalue weighted by Crippen LogP contribution is -2.29. The first kappa shape index (κ1) is 13.1. The van der Waals surface area contributed by atoms with E-state index in [0.717, 1.165) is 29.6 Å². The Morgan fingerprint density at radius 3 is 2.07 bits per heavy atom. The van der Waals surface area contributed by atoms with Gasteiger partial charge in [0.15, 0.2) is 0 Å². The summed E-state index contributed by atoms with van der Waals surface area (Å²) < 4.78 is 0. The van der Waals surface area contributed by atoms with Crippen LogP contribution in [-0.4, -0.2) is 0 Å². The lowest BCUT2D eigenvalue weighted by atomic mass is 9.66. The minimum Gasteiger partial charge on any atom is -0.0651 e. The van der Waals surface area contributed by atoms with E-state index in [9.17, 15) is 0 Å². The standard InChI is InChI=1S/C15H30/c1-6-11(3)14-8-9-15(12(4)7-2)13(5)10-14/h11-15H,6-10H2,1-5H3/t11-,12-,13?,14-,15?/m1/s1. The Kier molecular flexibility index (Phi) is 5.15. The van der Waals surface area contributed by atoms with Crippen LogP contribution in [-0.2, 0) is 0 Å². The molecular formula is C15H30. The smallest absolute Gasteiger partial charge is 0.0363 e. The minimum absolute atomic E-state index is 0.942. The van der Waals surface area contributed by atoms with Crippen LogP contribution in [0, 0.1) is 29.6 Å². The summed E-state index contributed by atoms with van der Waals surface area (Å²) in [6, 6.07) is 0. The zero-order chi connectivity index (χ0) is 11.4. The third-order valence-corrected chi connectivity index (χ3v) is 5.10. The summed E-state index contributed by atoms with van der Waals surface area (Å²) in [7, 11) is 0.